The molecule has 4 aromatic carbocycles. The summed E-state index contributed by atoms with van der Waals surface area (Å²) in [6.45, 7) is 5.36. The van der Waals surface area contributed by atoms with Gasteiger partial charge in [0.15, 0.2) is 11.6 Å². The Bertz CT molecular complexity index is 2890. The van der Waals surface area contributed by atoms with Crippen LogP contribution in [0.4, 0.5) is 47.3 Å². The highest BCUT2D eigenvalue weighted by molar-refractivity contribution is 6.07. The Morgan fingerprint density at radius 3 is 1.33 bits per heavy atom. The highest BCUT2D eigenvalue weighted by Gasteiger charge is 2.43. The summed E-state index contributed by atoms with van der Waals surface area (Å²) in [6.07, 6.45) is -9.26. The number of hydrogen-bond acceptors (Lipinski definition) is 9. The summed E-state index contributed by atoms with van der Waals surface area (Å²) in [7, 11) is 3.86. The van der Waals surface area contributed by atoms with Gasteiger partial charge in [-0.1, -0.05) is 24.3 Å². The van der Waals surface area contributed by atoms with Gasteiger partial charge in [0, 0.05) is 36.6 Å². The summed E-state index contributed by atoms with van der Waals surface area (Å²) in [5.74, 6) is -3.06. The van der Waals surface area contributed by atoms with Crippen LogP contribution in [0.3, 0.4) is 0 Å². The first-order valence-corrected chi connectivity index (χ1v) is 19.6. The Balaban J connectivity index is 0.000000251. The summed E-state index contributed by atoms with van der Waals surface area (Å²) >= 11 is 0. The molecule has 4 amide bonds. The van der Waals surface area contributed by atoms with Gasteiger partial charge in [0.1, 0.15) is 0 Å². The zero-order chi connectivity index (χ0) is 50.0. The maximum absolute atomic E-state index is 13.4. The highest BCUT2D eigenvalue weighted by atomic mass is 19.4. The number of carboxylic acids is 1. The summed E-state index contributed by atoms with van der Waals surface area (Å²) in [5.41, 5.74) is -1.38. The van der Waals surface area contributed by atoms with Crippen LogP contribution in [-0.4, -0.2) is 71.7 Å². The molecule has 2 aliphatic rings. The van der Waals surface area contributed by atoms with Crippen LogP contribution in [0.15, 0.2) is 107 Å². The van der Waals surface area contributed by atoms with Crippen molar-refractivity contribution >= 4 is 46.9 Å². The molecule has 6 rings (SSSR count). The first-order chi connectivity index (χ1) is 31.3. The van der Waals surface area contributed by atoms with Crippen LogP contribution >= 0.6 is 0 Å². The minimum atomic E-state index is -4.64. The molecule has 2 atom stereocenters. The number of nitriles is 2. The number of carbonyl (C=O) groups excluding carboxylic acids is 5. The van der Waals surface area contributed by atoms with E-state index in [4.69, 9.17) is 10.00 Å². The molecule has 0 spiro atoms. The topological polar surface area (TPSA) is 192 Å². The van der Waals surface area contributed by atoms with Crippen LogP contribution in [0.2, 0.25) is 0 Å². The number of allylic oxidation sites excluding steroid dienone is 2. The molecule has 67 heavy (non-hydrogen) atoms. The van der Waals surface area contributed by atoms with Gasteiger partial charge in [-0.05, 0) is 99.5 Å². The molecule has 0 aromatic heterocycles. The van der Waals surface area contributed by atoms with Crippen molar-refractivity contribution < 1.29 is 65.0 Å². The lowest BCUT2D eigenvalue weighted by Gasteiger charge is -2.41. The van der Waals surface area contributed by atoms with Gasteiger partial charge < -0.3 is 19.6 Å². The average Bonchev–Trinajstić information content (AvgIpc) is 3.27. The minimum Gasteiger partial charge on any atom is -0.478 e. The second-order valence-electron chi connectivity index (χ2n) is 15.1. The number of carboxylic acid groups (broad SMARTS) is 1. The molecule has 0 aliphatic carbocycles. The number of urea groups is 2. The summed E-state index contributed by atoms with van der Waals surface area (Å²) < 4.78 is 84.3. The number of halogens is 6. The van der Waals surface area contributed by atoms with E-state index in [0.717, 1.165) is 63.1 Å². The fraction of sp³-hybridized carbons (Fsp3) is 0.234. The van der Waals surface area contributed by atoms with E-state index < -0.39 is 71.1 Å². The molecule has 20 heteroatoms. The maximum atomic E-state index is 13.4. The first-order valence-electron chi connectivity index (χ1n) is 19.6. The molecule has 2 unspecified atom stereocenters. The molecule has 346 valence electrons. The number of esters is 1. The molecule has 0 saturated heterocycles. The Morgan fingerprint density at radius 2 is 1.00 bits per heavy atom. The number of benzene rings is 4. The van der Waals surface area contributed by atoms with Crippen molar-refractivity contribution in [1.82, 2.24) is 9.80 Å². The molecule has 2 heterocycles. The van der Waals surface area contributed by atoms with Crippen molar-refractivity contribution in [2.45, 2.75) is 52.1 Å². The number of ether oxygens (including phenoxy) is 1. The second-order valence-corrected chi connectivity index (χ2v) is 15.1. The van der Waals surface area contributed by atoms with Crippen LogP contribution in [0.5, 0.6) is 0 Å². The van der Waals surface area contributed by atoms with Gasteiger partial charge in [-0.2, -0.15) is 36.9 Å². The quantitative estimate of drug-likeness (QED) is 0.131. The molecule has 14 nitrogen and oxygen atoms in total. The van der Waals surface area contributed by atoms with E-state index in [1.165, 1.54) is 90.3 Å². The van der Waals surface area contributed by atoms with Gasteiger partial charge in [0.2, 0.25) is 0 Å². The van der Waals surface area contributed by atoms with Crippen molar-refractivity contribution in [1.29, 1.82) is 10.5 Å². The third-order valence-corrected chi connectivity index (χ3v) is 11.0. The van der Waals surface area contributed by atoms with Crippen molar-refractivity contribution in [3.05, 3.63) is 152 Å². The van der Waals surface area contributed by atoms with Gasteiger partial charge in [-0.25, -0.2) is 19.2 Å². The highest BCUT2D eigenvalue weighted by Crippen LogP contribution is 2.43. The van der Waals surface area contributed by atoms with Crippen LogP contribution in [-0.2, 0) is 26.7 Å². The van der Waals surface area contributed by atoms with E-state index in [-0.39, 0.29) is 67.3 Å². The van der Waals surface area contributed by atoms with Crippen LogP contribution < -0.4 is 9.80 Å². The molecule has 0 radical (unpaired) electrons. The van der Waals surface area contributed by atoms with Gasteiger partial charge in [0.25, 0.3) is 0 Å². The molecule has 4 aromatic rings. The predicted octanol–water partition coefficient (Wildman–Crippen LogP) is 9.59. The van der Waals surface area contributed by atoms with E-state index >= 15 is 0 Å². The zero-order valence-corrected chi connectivity index (χ0v) is 36.5. The summed E-state index contributed by atoms with van der Waals surface area (Å²) in [4.78, 5) is 80.7. The number of rotatable bonds is 8. The third-order valence-electron chi connectivity index (χ3n) is 11.0. The summed E-state index contributed by atoms with van der Waals surface area (Å²) in [6, 6.07) is 16.6. The largest absolute Gasteiger partial charge is 0.478 e. The number of methoxy groups -OCH3 is 1. The molecule has 0 saturated carbocycles. The lowest BCUT2D eigenvalue weighted by Crippen LogP contribution is -2.49. The number of amides is 4. The minimum absolute atomic E-state index is 0.00901. The molecule has 0 fully saturated rings. The molecular weight excluding hydrogens is 891 g/mol. The first kappa shape index (κ1) is 49.8. The number of carbonyl (C=O) groups is 6. The predicted molar refractivity (Wildman–Crippen MR) is 227 cm³/mol. The zero-order valence-electron chi connectivity index (χ0n) is 36.5. The van der Waals surface area contributed by atoms with Gasteiger partial charge >= 0.3 is 36.4 Å². The van der Waals surface area contributed by atoms with Gasteiger partial charge in [-0.15, -0.1) is 0 Å². The normalized spacial score (nSPS) is 16.5. The van der Waals surface area contributed by atoms with E-state index in [1.54, 1.807) is 0 Å². The number of nitrogens with zero attached hydrogens (tertiary/aromatic N) is 6. The Morgan fingerprint density at radius 1 is 0.627 bits per heavy atom. The number of anilines is 2. The lowest BCUT2D eigenvalue weighted by atomic mass is 9.87. The second kappa shape index (κ2) is 19.1. The third kappa shape index (κ3) is 9.74. The van der Waals surface area contributed by atoms with Gasteiger partial charge in [-0.3, -0.25) is 19.4 Å². The number of ketones is 2. The van der Waals surface area contributed by atoms with Crippen LogP contribution in [0.1, 0.15) is 93.9 Å². The Labute approximate surface area is 378 Å². The monoisotopic (exact) mass is 928 g/mol. The maximum Gasteiger partial charge on any atom is 0.416 e. The lowest BCUT2D eigenvalue weighted by molar-refractivity contribution is -0.138. The molecule has 0 bridgehead atoms. The number of aromatic carboxylic acids is 1. The van der Waals surface area contributed by atoms with Crippen molar-refractivity contribution in [3.63, 3.8) is 0 Å². The summed E-state index contributed by atoms with van der Waals surface area (Å²) in [5, 5.41) is 28.0. The average molecular weight is 929 g/mol. The van der Waals surface area contributed by atoms with Crippen molar-refractivity contribution in [3.8, 4) is 12.1 Å². The molecule has 2 aliphatic heterocycles. The smallest absolute Gasteiger partial charge is 0.416 e. The SMILES string of the molecule is CC(=O)C1=C(C)N(c2cccc(C(F)(F)F)c2)C(=O)N(C)C1c1ccc(C#N)cc1C(=O)O.COC(=O)c1cc(C#N)ccc1C1C(C(C)=O)=C(C)N(c2cccc(C(F)(F)F)c2)C(=O)N1C. The standard InChI is InChI=1S/C24H20F3N3O4.C23H18F3N3O4/c1-13-20(14(2)31)21(18-9-8-15(12-28)10-19(18)22(32)34-4)29(3)23(33)30(13)17-7-5-6-16(11-17)24(25,26)27;1-12-19(13(2)30)20(17-8-7-14(11-27)9-18(17)21(31)32)28(3)22(33)29(12)16-6-4-5-15(10-16)23(24,25)26/h5-11,21H,1-4H3;4-10,20H,1-3H3,(H,31,32). The van der Waals surface area contributed by atoms with Crippen LogP contribution in [0, 0.1) is 22.7 Å². The molecular formula is C47H38F6N6O8. The van der Waals surface area contributed by atoms with E-state index in [1.807, 2.05) is 12.1 Å². The molecule has 1 N–H and O–H groups in total. The Kier molecular flexibility index (Phi) is 14.2. The number of hydrogen-bond donors (Lipinski definition) is 1. The Hall–Kier alpha value is -8.26. The fourth-order valence-electron chi connectivity index (χ4n) is 7.92. The van der Waals surface area contributed by atoms with Crippen molar-refractivity contribution in [2.24, 2.45) is 0 Å². The van der Waals surface area contributed by atoms with E-state index in [9.17, 15) is 65.5 Å². The fourth-order valence-corrected chi connectivity index (χ4v) is 7.92. The number of Topliss-reactive ketones (excluding diaryl/α,β-unsaturated/α-hetero) is 2. The van der Waals surface area contributed by atoms with Crippen molar-refractivity contribution in [2.75, 3.05) is 31.0 Å². The van der Waals surface area contributed by atoms with Gasteiger partial charge in [0.05, 0.1) is 76.1 Å². The number of alkyl halides is 6. The number of likely N-dealkylation sites (N-methyl/N-ethyl adjacent to an activating group) is 2. The van der Waals surface area contributed by atoms with E-state index in [0.29, 0.717) is 0 Å². The van der Waals surface area contributed by atoms with E-state index in [2.05, 4.69) is 0 Å². The van der Waals surface area contributed by atoms with Crippen LogP contribution in [0.25, 0.3) is 0 Å².